The monoisotopic (exact) mass is 442 g/mol. The van der Waals surface area contributed by atoms with Crippen LogP contribution in [0.15, 0.2) is 54.9 Å². The van der Waals surface area contributed by atoms with Gasteiger partial charge in [0.25, 0.3) is 0 Å². The van der Waals surface area contributed by atoms with E-state index < -0.39 is 11.6 Å². The van der Waals surface area contributed by atoms with Gasteiger partial charge in [0, 0.05) is 37.8 Å². The number of piperazine rings is 1. The molecule has 1 atom stereocenters. The molecule has 0 bridgehead atoms. The molecule has 1 aliphatic rings. The first-order valence-corrected chi connectivity index (χ1v) is 10.1. The smallest absolute Gasteiger partial charge is 0.227 e. The summed E-state index contributed by atoms with van der Waals surface area (Å²) in [6, 6.07) is 10.7. The van der Waals surface area contributed by atoms with Gasteiger partial charge in [-0.1, -0.05) is 12.1 Å². The Kier molecular flexibility index (Phi) is 6.25. The van der Waals surface area contributed by atoms with Gasteiger partial charge in [0.1, 0.15) is 23.7 Å². The first kappa shape index (κ1) is 21.6. The maximum Gasteiger partial charge on any atom is 0.227 e. The molecule has 1 aliphatic heterocycles. The Labute approximate surface area is 183 Å². The Hall–Kier alpha value is -3.62. The quantitative estimate of drug-likeness (QED) is 0.599. The highest BCUT2D eigenvalue weighted by Crippen LogP contribution is 2.25. The first-order valence-electron chi connectivity index (χ1n) is 10.1. The standard InChI is InChI=1S/C23H21F3N4O2/c1-15-13-29(8-9-30(15)23(31)10-16-2-4-17(24)5-3-16)21-12-22(28-14-27-21)32-18-6-7-19(25)20(26)11-18/h2-7,11-12,14-15H,8-10,13H2,1H3/t15-/m0/s1. The van der Waals surface area contributed by atoms with Gasteiger partial charge >= 0.3 is 0 Å². The zero-order valence-electron chi connectivity index (χ0n) is 17.3. The van der Waals surface area contributed by atoms with Crippen LogP contribution in [0.1, 0.15) is 12.5 Å². The van der Waals surface area contributed by atoms with E-state index in [4.69, 9.17) is 4.74 Å². The number of hydrogen-bond donors (Lipinski definition) is 0. The summed E-state index contributed by atoms with van der Waals surface area (Å²) in [5, 5.41) is 0. The number of halogens is 3. The summed E-state index contributed by atoms with van der Waals surface area (Å²) in [7, 11) is 0. The summed E-state index contributed by atoms with van der Waals surface area (Å²) in [5.41, 5.74) is 0.765. The van der Waals surface area contributed by atoms with Gasteiger partial charge in [-0.25, -0.2) is 23.1 Å². The van der Waals surface area contributed by atoms with Crippen LogP contribution in [0.2, 0.25) is 0 Å². The van der Waals surface area contributed by atoms with Gasteiger partial charge in [-0.2, -0.15) is 0 Å². The van der Waals surface area contributed by atoms with Crippen LogP contribution < -0.4 is 9.64 Å². The summed E-state index contributed by atoms with van der Waals surface area (Å²) in [6.45, 7) is 3.57. The molecule has 0 radical (unpaired) electrons. The number of benzene rings is 2. The normalized spacial score (nSPS) is 16.2. The average Bonchev–Trinajstić information content (AvgIpc) is 2.78. The molecule has 0 spiro atoms. The Morgan fingerprint density at radius 1 is 1.03 bits per heavy atom. The number of nitrogens with zero attached hydrogens (tertiary/aromatic N) is 4. The van der Waals surface area contributed by atoms with Crippen LogP contribution >= 0.6 is 0 Å². The van der Waals surface area contributed by atoms with Gasteiger partial charge in [-0.3, -0.25) is 4.79 Å². The van der Waals surface area contributed by atoms with Crippen molar-refractivity contribution in [3.63, 3.8) is 0 Å². The maximum absolute atomic E-state index is 13.4. The SMILES string of the molecule is C[C@H]1CN(c2cc(Oc3ccc(F)c(F)c3)ncn2)CCN1C(=O)Cc1ccc(F)cc1. The molecular formula is C23H21F3N4O2. The molecule has 6 nitrogen and oxygen atoms in total. The van der Waals surface area contributed by atoms with Crippen LogP contribution in [0.3, 0.4) is 0 Å². The molecule has 0 N–H and O–H groups in total. The third-order valence-electron chi connectivity index (χ3n) is 5.28. The third-order valence-corrected chi connectivity index (χ3v) is 5.28. The van der Waals surface area contributed by atoms with Crippen LogP contribution in [-0.4, -0.2) is 46.5 Å². The molecule has 0 unspecified atom stereocenters. The highest BCUT2D eigenvalue weighted by atomic mass is 19.2. The van der Waals surface area contributed by atoms with Crippen molar-refractivity contribution in [3.8, 4) is 11.6 Å². The fraction of sp³-hybridized carbons (Fsp3) is 0.261. The van der Waals surface area contributed by atoms with Crippen LogP contribution in [-0.2, 0) is 11.2 Å². The Bertz CT molecular complexity index is 1110. The van der Waals surface area contributed by atoms with E-state index in [1.165, 1.54) is 24.5 Å². The van der Waals surface area contributed by atoms with Crippen LogP contribution in [0.5, 0.6) is 11.6 Å². The molecule has 3 aromatic rings. The molecule has 2 heterocycles. The Morgan fingerprint density at radius 2 is 1.81 bits per heavy atom. The van der Waals surface area contributed by atoms with Crippen molar-refractivity contribution in [2.75, 3.05) is 24.5 Å². The van der Waals surface area contributed by atoms with E-state index in [0.717, 1.165) is 17.7 Å². The number of anilines is 1. The zero-order valence-corrected chi connectivity index (χ0v) is 17.3. The molecule has 1 aromatic heterocycles. The number of aromatic nitrogens is 2. The third kappa shape index (κ3) is 4.99. The summed E-state index contributed by atoms with van der Waals surface area (Å²) in [4.78, 5) is 24.8. The highest BCUT2D eigenvalue weighted by Gasteiger charge is 2.28. The Morgan fingerprint density at radius 3 is 2.53 bits per heavy atom. The van der Waals surface area contributed by atoms with Crippen LogP contribution in [0.25, 0.3) is 0 Å². The molecule has 2 aromatic carbocycles. The number of hydrogen-bond acceptors (Lipinski definition) is 5. The molecule has 9 heteroatoms. The number of amides is 1. The van der Waals surface area contributed by atoms with Crippen molar-refractivity contribution in [1.82, 2.24) is 14.9 Å². The van der Waals surface area contributed by atoms with Gasteiger partial charge < -0.3 is 14.5 Å². The van der Waals surface area contributed by atoms with Crippen molar-refractivity contribution < 1.29 is 22.7 Å². The molecular weight excluding hydrogens is 421 g/mol. The van der Waals surface area contributed by atoms with Gasteiger partial charge in [0.2, 0.25) is 11.8 Å². The van der Waals surface area contributed by atoms with Crippen molar-refractivity contribution in [3.05, 3.63) is 77.9 Å². The molecule has 1 saturated heterocycles. The lowest BCUT2D eigenvalue weighted by Gasteiger charge is -2.40. The van der Waals surface area contributed by atoms with E-state index in [-0.39, 0.29) is 35.8 Å². The molecule has 4 rings (SSSR count). The fourth-order valence-corrected chi connectivity index (χ4v) is 3.63. The number of rotatable bonds is 5. The van der Waals surface area contributed by atoms with Gasteiger partial charge in [0.15, 0.2) is 11.6 Å². The fourth-order valence-electron chi connectivity index (χ4n) is 3.63. The summed E-state index contributed by atoms with van der Waals surface area (Å²) < 4.78 is 45.1. The van der Waals surface area contributed by atoms with E-state index in [2.05, 4.69) is 9.97 Å². The largest absolute Gasteiger partial charge is 0.439 e. The van der Waals surface area contributed by atoms with Crippen molar-refractivity contribution in [2.24, 2.45) is 0 Å². The molecule has 0 saturated carbocycles. The van der Waals surface area contributed by atoms with E-state index in [1.807, 2.05) is 11.8 Å². The van der Waals surface area contributed by atoms with Crippen molar-refractivity contribution >= 4 is 11.7 Å². The number of carbonyl (C=O) groups is 1. The van der Waals surface area contributed by atoms with E-state index in [0.29, 0.717) is 25.5 Å². The van der Waals surface area contributed by atoms with E-state index >= 15 is 0 Å². The highest BCUT2D eigenvalue weighted by molar-refractivity contribution is 5.79. The van der Waals surface area contributed by atoms with E-state index in [9.17, 15) is 18.0 Å². The van der Waals surface area contributed by atoms with E-state index in [1.54, 1.807) is 23.1 Å². The van der Waals surface area contributed by atoms with Crippen molar-refractivity contribution in [2.45, 2.75) is 19.4 Å². The topological polar surface area (TPSA) is 58.6 Å². The zero-order chi connectivity index (χ0) is 22.7. The van der Waals surface area contributed by atoms with Gasteiger partial charge in [-0.05, 0) is 36.8 Å². The predicted molar refractivity (Wildman–Crippen MR) is 112 cm³/mol. The lowest BCUT2D eigenvalue weighted by atomic mass is 10.1. The van der Waals surface area contributed by atoms with Gasteiger partial charge in [-0.15, -0.1) is 0 Å². The van der Waals surface area contributed by atoms with Crippen LogP contribution in [0.4, 0.5) is 19.0 Å². The summed E-state index contributed by atoms with van der Waals surface area (Å²) in [5.74, 6) is -1.39. The number of carbonyl (C=O) groups excluding carboxylic acids is 1. The molecule has 1 fully saturated rings. The number of ether oxygens (including phenoxy) is 1. The second kappa shape index (κ2) is 9.25. The molecule has 1 amide bonds. The Balaban J connectivity index is 1.39. The summed E-state index contributed by atoms with van der Waals surface area (Å²) >= 11 is 0. The minimum absolute atomic E-state index is 0.0196. The second-order valence-corrected chi connectivity index (χ2v) is 7.58. The molecule has 166 valence electrons. The average molecular weight is 442 g/mol. The summed E-state index contributed by atoms with van der Waals surface area (Å²) in [6.07, 6.45) is 1.55. The van der Waals surface area contributed by atoms with Crippen molar-refractivity contribution in [1.29, 1.82) is 0 Å². The molecule has 32 heavy (non-hydrogen) atoms. The minimum atomic E-state index is -1.01. The predicted octanol–water partition coefficient (Wildman–Crippen LogP) is 3.97. The minimum Gasteiger partial charge on any atom is -0.439 e. The maximum atomic E-state index is 13.4. The second-order valence-electron chi connectivity index (χ2n) is 7.58. The van der Waals surface area contributed by atoms with Gasteiger partial charge in [0.05, 0.1) is 6.42 Å². The lowest BCUT2D eigenvalue weighted by Crippen LogP contribution is -2.54. The molecule has 0 aliphatic carbocycles. The van der Waals surface area contributed by atoms with Crippen LogP contribution in [0, 0.1) is 17.5 Å². The lowest BCUT2D eigenvalue weighted by molar-refractivity contribution is -0.132. The first-order chi connectivity index (χ1) is 15.4.